The third-order valence-corrected chi connectivity index (χ3v) is 5.63. The van der Waals surface area contributed by atoms with Crippen LogP contribution in [0.3, 0.4) is 0 Å². The molecule has 4 fully saturated rings. The molecule has 3 heteroatoms. The van der Waals surface area contributed by atoms with Crippen molar-refractivity contribution in [1.82, 2.24) is 9.97 Å². The van der Waals surface area contributed by atoms with Crippen molar-refractivity contribution in [2.24, 2.45) is 23.2 Å². The van der Waals surface area contributed by atoms with E-state index in [0.717, 1.165) is 30.2 Å². The summed E-state index contributed by atoms with van der Waals surface area (Å²) in [5, 5.41) is 0. The maximum Gasteiger partial charge on any atom is 0.224 e. The van der Waals surface area contributed by atoms with Crippen molar-refractivity contribution in [1.29, 1.82) is 0 Å². The Morgan fingerprint density at radius 1 is 1.05 bits per heavy atom. The van der Waals surface area contributed by atoms with Crippen molar-refractivity contribution < 1.29 is 0 Å². The van der Waals surface area contributed by atoms with Crippen LogP contribution in [0.5, 0.6) is 0 Å². The third kappa shape index (κ3) is 2.03. The Morgan fingerprint density at radius 3 is 2.11 bits per heavy atom. The lowest BCUT2D eigenvalue weighted by molar-refractivity contribution is -0.0473. The number of nitrogens with zero attached hydrogens (tertiary/aromatic N) is 3. The molecule has 0 aromatic carbocycles. The summed E-state index contributed by atoms with van der Waals surface area (Å²) in [4.78, 5) is 11.1. The average Bonchev–Trinajstić information content (AvgIpc) is 2.37. The highest BCUT2D eigenvalue weighted by Crippen LogP contribution is 2.60. The second-order valence-corrected chi connectivity index (χ2v) is 7.32. The van der Waals surface area contributed by atoms with Crippen LogP contribution in [0.15, 0.2) is 18.5 Å². The SMILES string of the molecule is CN(CC12CC3CC(CC(C3)C1)C2)c1ncccn1. The van der Waals surface area contributed by atoms with Gasteiger partial charge in [0.15, 0.2) is 0 Å². The molecule has 19 heavy (non-hydrogen) atoms. The summed E-state index contributed by atoms with van der Waals surface area (Å²) in [6, 6.07) is 1.89. The first kappa shape index (κ1) is 11.7. The largest absolute Gasteiger partial charge is 0.343 e. The average molecular weight is 257 g/mol. The predicted octanol–water partition coefficient (Wildman–Crippen LogP) is 3.13. The number of anilines is 1. The monoisotopic (exact) mass is 257 g/mol. The highest BCUT2D eigenvalue weighted by Gasteiger charge is 2.51. The molecule has 0 aliphatic heterocycles. The van der Waals surface area contributed by atoms with Gasteiger partial charge in [0.25, 0.3) is 0 Å². The number of rotatable bonds is 3. The summed E-state index contributed by atoms with van der Waals surface area (Å²) in [6.45, 7) is 1.15. The molecule has 0 saturated heterocycles. The molecule has 4 aliphatic rings. The van der Waals surface area contributed by atoms with Crippen molar-refractivity contribution in [3.05, 3.63) is 18.5 Å². The first-order valence-electron chi connectivity index (χ1n) is 7.71. The molecule has 1 aromatic rings. The fourth-order valence-corrected chi connectivity index (χ4v) is 5.55. The Kier molecular flexibility index (Phi) is 2.58. The normalized spacial score (nSPS) is 39.5. The Hall–Kier alpha value is -1.12. The lowest BCUT2D eigenvalue weighted by atomic mass is 9.49. The quantitative estimate of drug-likeness (QED) is 0.833. The summed E-state index contributed by atoms with van der Waals surface area (Å²) < 4.78 is 0. The van der Waals surface area contributed by atoms with Crippen LogP contribution >= 0.6 is 0 Å². The zero-order valence-corrected chi connectivity index (χ0v) is 11.8. The minimum atomic E-state index is 0.572. The van der Waals surface area contributed by atoms with Gasteiger partial charge in [-0.25, -0.2) is 9.97 Å². The molecule has 0 amide bonds. The minimum absolute atomic E-state index is 0.572. The van der Waals surface area contributed by atoms with Crippen LogP contribution in [0.4, 0.5) is 5.95 Å². The van der Waals surface area contributed by atoms with Gasteiger partial charge in [0, 0.05) is 26.0 Å². The van der Waals surface area contributed by atoms with Gasteiger partial charge in [0.1, 0.15) is 0 Å². The van der Waals surface area contributed by atoms with E-state index in [1.54, 1.807) is 0 Å². The van der Waals surface area contributed by atoms with E-state index in [2.05, 4.69) is 21.9 Å². The molecular weight excluding hydrogens is 234 g/mol. The van der Waals surface area contributed by atoms with Crippen LogP contribution in [-0.2, 0) is 0 Å². The van der Waals surface area contributed by atoms with Crippen LogP contribution in [0.2, 0.25) is 0 Å². The van der Waals surface area contributed by atoms with Crippen molar-refractivity contribution in [3.8, 4) is 0 Å². The molecule has 0 unspecified atom stereocenters. The van der Waals surface area contributed by atoms with Gasteiger partial charge in [-0.05, 0) is 67.8 Å². The van der Waals surface area contributed by atoms with E-state index in [1.165, 1.54) is 38.5 Å². The van der Waals surface area contributed by atoms with Gasteiger partial charge in [0.2, 0.25) is 5.95 Å². The van der Waals surface area contributed by atoms with Gasteiger partial charge in [-0.3, -0.25) is 0 Å². The highest BCUT2D eigenvalue weighted by molar-refractivity contribution is 5.27. The smallest absolute Gasteiger partial charge is 0.224 e. The molecule has 0 radical (unpaired) electrons. The topological polar surface area (TPSA) is 29.0 Å². The Labute approximate surface area is 115 Å². The second kappa shape index (κ2) is 4.19. The van der Waals surface area contributed by atoms with Gasteiger partial charge in [-0.15, -0.1) is 0 Å². The zero-order valence-electron chi connectivity index (χ0n) is 11.8. The van der Waals surface area contributed by atoms with Gasteiger partial charge in [-0.2, -0.15) is 0 Å². The van der Waals surface area contributed by atoms with Crippen LogP contribution in [-0.4, -0.2) is 23.6 Å². The van der Waals surface area contributed by atoms with Crippen molar-refractivity contribution in [2.45, 2.75) is 38.5 Å². The van der Waals surface area contributed by atoms with Gasteiger partial charge >= 0.3 is 0 Å². The molecule has 3 nitrogen and oxygen atoms in total. The predicted molar refractivity (Wildman–Crippen MR) is 75.9 cm³/mol. The summed E-state index contributed by atoms with van der Waals surface area (Å²) in [6.07, 6.45) is 12.6. The van der Waals surface area contributed by atoms with Crippen LogP contribution in [0, 0.1) is 23.2 Å². The van der Waals surface area contributed by atoms with E-state index in [4.69, 9.17) is 0 Å². The number of aromatic nitrogens is 2. The fraction of sp³-hybridized carbons (Fsp3) is 0.750. The number of hydrogen-bond donors (Lipinski definition) is 0. The molecule has 5 rings (SSSR count). The molecule has 4 saturated carbocycles. The summed E-state index contributed by atoms with van der Waals surface area (Å²) in [5.74, 6) is 3.96. The standard InChI is InChI=1S/C16H23N3/c1-19(15-17-3-2-4-18-15)11-16-8-12-5-13(9-16)7-14(6-12)10-16/h2-4,12-14H,5-11H2,1H3. The van der Waals surface area contributed by atoms with E-state index < -0.39 is 0 Å². The second-order valence-electron chi connectivity index (χ2n) is 7.32. The number of hydrogen-bond acceptors (Lipinski definition) is 3. The van der Waals surface area contributed by atoms with Crippen molar-refractivity contribution in [2.75, 3.05) is 18.5 Å². The van der Waals surface area contributed by atoms with E-state index in [9.17, 15) is 0 Å². The summed E-state index contributed by atoms with van der Waals surface area (Å²) in [5.41, 5.74) is 0.572. The van der Waals surface area contributed by atoms with Crippen molar-refractivity contribution in [3.63, 3.8) is 0 Å². The molecule has 1 heterocycles. The zero-order chi connectivity index (χ0) is 12.9. The molecule has 4 aliphatic carbocycles. The van der Waals surface area contributed by atoms with Gasteiger partial charge in [0.05, 0.1) is 0 Å². The summed E-state index contributed by atoms with van der Waals surface area (Å²) in [7, 11) is 2.16. The Balaban J connectivity index is 1.53. The molecule has 1 aromatic heterocycles. The third-order valence-electron chi connectivity index (χ3n) is 5.63. The first-order valence-corrected chi connectivity index (χ1v) is 7.71. The summed E-state index contributed by atoms with van der Waals surface area (Å²) >= 11 is 0. The molecule has 102 valence electrons. The maximum atomic E-state index is 4.39. The molecule has 0 atom stereocenters. The van der Waals surface area contributed by atoms with E-state index >= 15 is 0 Å². The Morgan fingerprint density at radius 2 is 1.58 bits per heavy atom. The molecule has 4 bridgehead atoms. The highest BCUT2D eigenvalue weighted by atomic mass is 15.2. The van der Waals surface area contributed by atoms with Crippen LogP contribution in [0.25, 0.3) is 0 Å². The lowest BCUT2D eigenvalue weighted by Gasteiger charge is -2.57. The van der Waals surface area contributed by atoms with E-state index in [1.807, 2.05) is 18.5 Å². The first-order chi connectivity index (χ1) is 9.22. The van der Waals surface area contributed by atoms with E-state index in [-0.39, 0.29) is 0 Å². The maximum absolute atomic E-state index is 4.39. The van der Waals surface area contributed by atoms with E-state index in [0.29, 0.717) is 5.41 Å². The fourth-order valence-electron chi connectivity index (χ4n) is 5.55. The van der Waals surface area contributed by atoms with Crippen LogP contribution in [0.1, 0.15) is 38.5 Å². The molecule has 0 N–H and O–H groups in total. The van der Waals surface area contributed by atoms with Gasteiger partial charge in [-0.1, -0.05) is 0 Å². The Bertz CT molecular complexity index is 421. The molecule has 0 spiro atoms. The minimum Gasteiger partial charge on any atom is -0.343 e. The van der Waals surface area contributed by atoms with Crippen molar-refractivity contribution >= 4 is 5.95 Å². The lowest BCUT2D eigenvalue weighted by Crippen LogP contribution is -2.50. The van der Waals surface area contributed by atoms with Gasteiger partial charge < -0.3 is 4.90 Å². The molecular formula is C16H23N3. The van der Waals surface area contributed by atoms with Crippen LogP contribution < -0.4 is 4.90 Å².